The third kappa shape index (κ3) is 4.61. The number of halogens is 3. The standard InChI is InChI=1S/C19H12Cl2FN3O2/c20-12-6-4-11(5-7-12)16-9-8-13(10-23-16)24-19(27)25-18(26)17-14(21)2-1-3-15(17)22/h1-10H,(H2,24,25,26,27). The number of amides is 3. The van der Waals surface area contributed by atoms with Crippen LogP contribution in [-0.2, 0) is 0 Å². The van der Waals surface area contributed by atoms with E-state index in [1.165, 1.54) is 18.3 Å². The maximum atomic E-state index is 13.7. The lowest BCUT2D eigenvalue weighted by Gasteiger charge is -2.09. The molecular weight excluding hydrogens is 392 g/mol. The van der Waals surface area contributed by atoms with Gasteiger partial charge in [-0.3, -0.25) is 15.1 Å². The maximum absolute atomic E-state index is 13.7. The molecule has 1 heterocycles. The lowest BCUT2D eigenvalue weighted by Crippen LogP contribution is -2.35. The van der Waals surface area contributed by atoms with Crippen LogP contribution in [0, 0.1) is 5.82 Å². The molecule has 0 spiro atoms. The molecule has 1 aromatic heterocycles. The van der Waals surface area contributed by atoms with Crippen LogP contribution in [0.15, 0.2) is 60.8 Å². The predicted molar refractivity (Wildman–Crippen MR) is 103 cm³/mol. The van der Waals surface area contributed by atoms with E-state index in [-0.39, 0.29) is 5.02 Å². The first kappa shape index (κ1) is 18.8. The number of hydrogen-bond donors (Lipinski definition) is 2. The predicted octanol–water partition coefficient (Wildman–Crippen LogP) is 5.16. The second-order valence-electron chi connectivity index (χ2n) is 5.44. The summed E-state index contributed by atoms with van der Waals surface area (Å²) in [6, 6.07) is 13.4. The van der Waals surface area contributed by atoms with Crippen molar-refractivity contribution in [3.05, 3.63) is 82.2 Å². The Labute approximate surface area is 164 Å². The summed E-state index contributed by atoms with van der Waals surface area (Å²) in [6.07, 6.45) is 1.43. The Balaban J connectivity index is 1.66. The zero-order valence-electron chi connectivity index (χ0n) is 13.7. The lowest BCUT2D eigenvalue weighted by molar-refractivity contribution is 0.0963. The van der Waals surface area contributed by atoms with Crippen molar-refractivity contribution in [2.45, 2.75) is 0 Å². The van der Waals surface area contributed by atoms with Gasteiger partial charge in [-0.15, -0.1) is 0 Å². The number of benzene rings is 2. The molecule has 0 unspecified atom stereocenters. The van der Waals surface area contributed by atoms with Gasteiger partial charge in [-0.05, 0) is 36.4 Å². The molecule has 8 heteroatoms. The summed E-state index contributed by atoms with van der Waals surface area (Å²) in [5.41, 5.74) is 1.51. The van der Waals surface area contributed by atoms with Crippen molar-refractivity contribution in [1.29, 1.82) is 0 Å². The molecule has 0 radical (unpaired) electrons. The molecule has 0 aliphatic heterocycles. The minimum atomic E-state index is -0.943. The fourth-order valence-corrected chi connectivity index (χ4v) is 2.68. The van der Waals surface area contributed by atoms with E-state index >= 15 is 0 Å². The molecule has 0 aliphatic rings. The van der Waals surface area contributed by atoms with E-state index < -0.39 is 23.3 Å². The van der Waals surface area contributed by atoms with Gasteiger partial charge in [0.05, 0.1) is 28.2 Å². The number of pyridine rings is 1. The summed E-state index contributed by atoms with van der Waals surface area (Å²) in [6.45, 7) is 0. The molecule has 5 nitrogen and oxygen atoms in total. The molecule has 3 rings (SSSR count). The fraction of sp³-hybridized carbons (Fsp3) is 0. The van der Waals surface area contributed by atoms with Gasteiger partial charge in [-0.25, -0.2) is 9.18 Å². The fourth-order valence-electron chi connectivity index (χ4n) is 2.30. The van der Waals surface area contributed by atoms with E-state index in [4.69, 9.17) is 23.2 Å². The van der Waals surface area contributed by atoms with Crippen molar-refractivity contribution < 1.29 is 14.0 Å². The number of imide groups is 1. The quantitative estimate of drug-likeness (QED) is 0.634. The zero-order chi connectivity index (χ0) is 19.4. The van der Waals surface area contributed by atoms with Crippen molar-refractivity contribution in [2.24, 2.45) is 0 Å². The van der Waals surface area contributed by atoms with Crippen molar-refractivity contribution in [1.82, 2.24) is 10.3 Å². The lowest BCUT2D eigenvalue weighted by atomic mass is 10.1. The molecule has 0 aliphatic carbocycles. The highest BCUT2D eigenvalue weighted by molar-refractivity contribution is 6.34. The van der Waals surface area contributed by atoms with Gasteiger partial charge in [0.25, 0.3) is 5.91 Å². The van der Waals surface area contributed by atoms with Crippen molar-refractivity contribution in [2.75, 3.05) is 5.32 Å². The van der Waals surface area contributed by atoms with E-state index in [0.717, 1.165) is 11.6 Å². The first-order valence-electron chi connectivity index (χ1n) is 7.72. The zero-order valence-corrected chi connectivity index (χ0v) is 15.2. The van der Waals surface area contributed by atoms with Crippen molar-refractivity contribution in [3.63, 3.8) is 0 Å². The second-order valence-corrected chi connectivity index (χ2v) is 6.29. The summed E-state index contributed by atoms with van der Waals surface area (Å²) in [5, 5.41) is 5.00. The minimum Gasteiger partial charge on any atom is -0.306 e. The van der Waals surface area contributed by atoms with Crippen LogP contribution in [0.5, 0.6) is 0 Å². The van der Waals surface area contributed by atoms with Crippen LogP contribution in [0.1, 0.15) is 10.4 Å². The number of rotatable bonds is 3. The van der Waals surface area contributed by atoms with Crippen LogP contribution >= 0.6 is 23.2 Å². The number of hydrogen-bond acceptors (Lipinski definition) is 3. The molecule has 136 valence electrons. The smallest absolute Gasteiger partial charge is 0.306 e. The van der Waals surface area contributed by atoms with Gasteiger partial charge in [0.15, 0.2) is 0 Å². The average Bonchev–Trinajstić information content (AvgIpc) is 2.63. The Morgan fingerprint density at radius 1 is 0.963 bits per heavy atom. The van der Waals surface area contributed by atoms with Crippen LogP contribution < -0.4 is 10.6 Å². The van der Waals surface area contributed by atoms with Gasteiger partial charge in [0, 0.05) is 10.6 Å². The highest BCUT2D eigenvalue weighted by Crippen LogP contribution is 2.21. The van der Waals surface area contributed by atoms with E-state index in [0.29, 0.717) is 16.4 Å². The highest BCUT2D eigenvalue weighted by atomic mass is 35.5. The van der Waals surface area contributed by atoms with E-state index in [2.05, 4.69) is 10.3 Å². The summed E-state index contributed by atoms with van der Waals surface area (Å²) in [5.74, 6) is -1.76. The Hall–Kier alpha value is -2.96. The monoisotopic (exact) mass is 403 g/mol. The normalized spacial score (nSPS) is 10.3. The number of aromatic nitrogens is 1. The maximum Gasteiger partial charge on any atom is 0.326 e. The molecular formula is C19H12Cl2FN3O2. The van der Waals surface area contributed by atoms with Gasteiger partial charge >= 0.3 is 6.03 Å². The first-order chi connectivity index (χ1) is 12.9. The molecule has 0 atom stereocenters. The number of carbonyl (C=O) groups is 2. The molecule has 2 N–H and O–H groups in total. The number of nitrogens with one attached hydrogen (secondary N) is 2. The number of carbonyl (C=O) groups excluding carboxylic acids is 2. The molecule has 2 aromatic carbocycles. The van der Waals surface area contributed by atoms with Crippen LogP contribution in [-0.4, -0.2) is 16.9 Å². The molecule has 3 aromatic rings. The third-order valence-electron chi connectivity index (χ3n) is 3.58. The Kier molecular flexibility index (Phi) is 5.69. The molecule has 0 bridgehead atoms. The number of anilines is 1. The Bertz CT molecular complexity index is 973. The summed E-state index contributed by atoms with van der Waals surface area (Å²) >= 11 is 11.7. The van der Waals surface area contributed by atoms with Crippen LogP contribution in [0.4, 0.5) is 14.9 Å². The van der Waals surface area contributed by atoms with Gasteiger partial charge in [-0.1, -0.05) is 41.4 Å². The second kappa shape index (κ2) is 8.16. The summed E-state index contributed by atoms with van der Waals surface area (Å²) in [7, 11) is 0. The summed E-state index contributed by atoms with van der Waals surface area (Å²) < 4.78 is 13.7. The SMILES string of the molecule is O=C(NC(=O)c1c(F)cccc1Cl)Nc1ccc(-c2ccc(Cl)cc2)nc1. The number of nitrogens with zero attached hydrogens (tertiary/aromatic N) is 1. The van der Waals surface area contributed by atoms with E-state index in [9.17, 15) is 14.0 Å². The van der Waals surface area contributed by atoms with Crippen LogP contribution in [0.3, 0.4) is 0 Å². The van der Waals surface area contributed by atoms with Gasteiger partial charge in [0.2, 0.25) is 0 Å². The van der Waals surface area contributed by atoms with E-state index in [1.807, 2.05) is 17.4 Å². The highest BCUT2D eigenvalue weighted by Gasteiger charge is 2.18. The number of urea groups is 1. The van der Waals surface area contributed by atoms with Gasteiger partial charge in [0.1, 0.15) is 5.82 Å². The van der Waals surface area contributed by atoms with Crippen LogP contribution in [0.2, 0.25) is 10.0 Å². The van der Waals surface area contributed by atoms with Crippen molar-refractivity contribution in [3.8, 4) is 11.3 Å². The Morgan fingerprint density at radius 2 is 1.70 bits per heavy atom. The summed E-state index contributed by atoms with van der Waals surface area (Å²) in [4.78, 5) is 28.2. The van der Waals surface area contributed by atoms with Crippen molar-refractivity contribution >= 4 is 40.8 Å². The van der Waals surface area contributed by atoms with Gasteiger partial charge < -0.3 is 5.32 Å². The molecule has 27 heavy (non-hydrogen) atoms. The largest absolute Gasteiger partial charge is 0.326 e. The van der Waals surface area contributed by atoms with E-state index in [1.54, 1.807) is 24.3 Å². The topological polar surface area (TPSA) is 71.1 Å². The Morgan fingerprint density at radius 3 is 2.33 bits per heavy atom. The third-order valence-corrected chi connectivity index (χ3v) is 4.15. The van der Waals surface area contributed by atoms with Crippen LogP contribution in [0.25, 0.3) is 11.3 Å². The first-order valence-corrected chi connectivity index (χ1v) is 8.48. The molecule has 0 saturated carbocycles. The molecule has 3 amide bonds. The van der Waals surface area contributed by atoms with Gasteiger partial charge in [-0.2, -0.15) is 0 Å². The minimum absolute atomic E-state index is 0.0886. The average molecular weight is 404 g/mol. The molecule has 0 saturated heterocycles. The molecule has 0 fully saturated rings.